The van der Waals surface area contributed by atoms with Crippen LogP contribution in [0.2, 0.25) is 0 Å². The number of piperidine rings is 1. The maximum absolute atomic E-state index is 6.50. The van der Waals surface area contributed by atoms with Gasteiger partial charge in [-0.2, -0.15) is 0 Å². The number of nitrogens with zero attached hydrogens (tertiary/aromatic N) is 3. The summed E-state index contributed by atoms with van der Waals surface area (Å²) >= 11 is 0. The van der Waals surface area contributed by atoms with Crippen molar-refractivity contribution in [3.8, 4) is 0 Å². The summed E-state index contributed by atoms with van der Waals surface area (Å²) in [6.07, 6.45) is 19.7. The summed E-state index contributed by atoms with van der Waals surface area (Å²) in [7, 11) is 0. The molecule has 1 fully saturated rings. The highest BCUT2D eigenvalue weighted by Crippen LogP contribution is 2.30. The summed E-state index contributed by atoms with van der Waals surface area (Å²) in [5.74, 6) is 5.53. The van der Waals surface area contributed by atoms with Crippen LogP contribution in [-0.2, 0) is 0 Å². The molecule has 0 aromatic heterocycles. The number of rotatable bonds is 14. The first-order chi connectivity index (χ1) is 19.8. The average Bonchev–Trinajstić information content (AvgIpc) is 3.01. The Labute approximate surface area is 254 Å². The van der Waals surface area contributed by atoms with Gasteiger partial charge in [0.1, 0.15) is 0 Å². The van der Waals surface area contributed by atoms with E-state index < -0.39 is 0 Å². The molecule has 6 heteroatoms. The van der Waals surface area contributed by atoms with Crippen LogP contribution in [0.5, 0.6) is 0 Å². The Morgan fingerprint density at radius 3 is 2.39 bits per heavy atom. The van der Waals surface area contributed by atoms with Crippen LogP contribution in [0.1, 0.15) is 113 Å². The molecule has 0 aromatic carbocycles. The van der Waals surface area contributed by atoms with Crippen molar-refractivity contribution in [1.82, 2.24) is 9.80 Å². The molecule has 0 spiro atoms. The van der Waals surface area contributed by atoms with Gasteiger partial charge >= 0.3 is 0 Å². The molecule has 1 aliphatic heterocycles. The molecule has 1 aliphatic carbocycles. The van der Waals surface area contributed by atoms with Crippen molar-refractivity contribution in [2.24, 2.45) is 28.5 Å². The van der Waals surface area contributed by atoms with Crippen LogP contribution >= 0.6 is 0 Å². The predicted molar refractivity (Wildman–Crippen MR) is 181 cm³/mol. The van der Waals surface area contributed by atoms with E-state index in [1.54, 1.807) is 5.57 Å². The van der Waals surface area contributed by atoms with Crippen molar-refractivity contribution in [2.75, 3.05) is 32.7 Å². The number of guanidine groups is 1. The molecule has 0 saturated carbocycles. The van der Waals surface area contributed by atoms with E-state index in [9.17, 15) is 0 Å². The molecule has 0 aromatic rings. The van der Waals surface area contributed by atoms with Gasteiger partial charge in [-0.15, -0.1) is 0 Å². The van der Waals surface area contributed by atoms with Gasteiger partial charge in [-0.3, -0.25) is 0 Å². The van der Waals surface area contributed by atoms with Gasteiger partial charge in [0.15, 0.2) is 5.96 Å². The normalized spacial score (nSPS) is 18.7. The Bertz CT molecular complexity index is 875. The van der Waals surface area contributed by atoms with Crippen molar-refractivity contribution in [3.63, 3.8) is 0 Å². The van der Waals surface area contributed by atoms with Gasteiger partial charge in [0.25, 0.3) is 0 Å². The summed E-state index contributed by atoms with van der Waals surface area (Å²) in [6.45, 7) is 27.1. The average molecular weight is 572 g/mol. The van der Waals surface area contributed by atoms with Crippen LogP contribution in [0, 0.1) is 11.8 Å². The molecule has 0 amide bonds. The third-order valence-electron chi connectivity index (χ3n) is 8.29. The molecule has 41 heavy (non-hydrogen) atoms. The molecule has 1 saturated heterocycles. The number of aliphatic imine (C=N–C) groups is 1. The summed E-state index contributed by atoms with van der Waals surface area (Å²) in [6, 6.07) is 0. The third-order valence-corrected chi connectivity index (χ3v) is 8.29. The minimum absolute atomic E-state index is 0.644. The second-order valence-corrected chi connectivity index (χ2v) is 11.3. The predicted octanol–water partition coefficient (Wildman–Crippen LogP) is 8.37. The number of unbranched alkanes of at least 4 members (excludes halogenated alkanes) is 3. The Kier molecular flexibility index (Phi) is 22.2. The highest BCUT2D eigenvalue weighted by Gasteiger charge is 2.22. The first-order valence-corrected chi connectivity index (χ1v) is 16.2. The summed E-state index contributed by atoms with van der Waals surface area (Å²) in [5, 5.41) is 6.50. The minimum atomic E-state index is 0.644. The van der Waals surface area contributed by atoms with E-state index in [2.05, 4.69) is 87.0 Å². The topological polar surface area (TPSA) is 91.1 Å². The Morgan fingerprint density at radius 1 is 1.15 bits per heavy atom. The lowest BCUT2D eigenvalue weighted by molar-refractivity contribution is 0.184. The van der Waals surface area contributed by atoms with E-state index >= 15 is 0 Å². The van der Waals surface area contributed by atoms with Crippen LogP contribution in [0.3, 0.4) is 0 Å². The second-order valence-electron chi connectivity index (χ2n) is 11.3. The number of likely N-dealkylation sites (tertiary alicyclic amines) is 1. The van der Waals surface area contributed by atoms with Crippen LogP contribution in [0.4, 0.5) is 0 Å². The molecule has 0 bridgehead atoms. The maximum Gasteiger partial charge on any atom is 0.195 e. The van der Waals surface area contributed by atoms with Crippen molar-refractivity contribution >= 4 is 5.96 Å². The summed E-state index contributed by atoms with van der Waals surface area (Å²) < 4.78 is 0. The van der Waals surface area contributed by atoms with Gasteiger partial charge in [0.2, 0.25) is 0 Å². The van der Waals surface area contributed by atoms with Crippen molar-refractivity contribution in [1.29, 1.82) is 0 Å². The summed E-state index contributed by atoms with van der Waals surface area (Å²) in [5.41, 5.74) is 13.3. The smallest absolute Gasteiger partial charge is 0.195 e. The molecule has 1 unspecified atom stereocenters. The Morgan fingerprint density at radius 2 is 1.80 bits per heavy atom. The molecule has 6 nitrogen and oxygen atoms in total. The largest absolute Gasteiger partial charge is 0.370 e. The molecule has 0 radical (unpaired) electrons. The molecular formula is C35H65N5O. The van der Waals surface area contributed by atoms with Crippen LogP contribution in [0.25, 0.3) is 0 Å². The third kappa shape index (κ3) is 15.1. The zero-order chi connectivity index (χ0) is 31.2. The van der Waals surface area contributed by atoms with E-state index in [0.717, 1.165) is 50.5 Å². The quantitative estimate of drug-likeness (QED) is 0.0640. The van der Waals surface area contributed by atoms with Crippen molar-refractivity contribution in [2.45, 2.75) is 113 Å². The SMILES string of the molecule is C=C(CCCCCC)/C(C)=C/N=C(N)N1CCC(CN(CC)CC/C(=C/C)C2=C(C)C=CC(C)C2)CC1.CC.NO. The van der Waals surface area contributed by atoms with Crippen LogP contribution < -0.4 is 11.6 Å². The first-order valence-electron chi connectivity index (χ1n) is 16.2. The van der Waals surface area contributed by atoms with Gasteiger partial charge in [0, 0.05) is 32.4 Å². The number of hydrogen-bond acceptors (Lipinski definition) is 4. The van der Waals surface area contributed by atoms with E-state index in [0.29, 0.717) is 11.9 Å². The lowest BCUT2D eigenvalue weighted by Crippen LogP contribution is -2.44. The van der Waals surface area contributed by atoms with Gasteiger partial charge in [-0.1, -0.05) is 84.3 Å². The number of allylic oxidation sites excluding steroid dienone is 7. The second kappa shape index (κ2) is 23.4. The standard InChI is InChI=1S/C33H56N4.C2H6.H3NO/c1-8-11-12-13-14-27(5)29(7)24-35-33(34)37-21-17-30(18-22-37)25-36(10-3)20-19-31(9-2)32-23-26(4)15-16-28(32)6;2*1-2/h9,15-16,24,26,30H,5,8,10-14,17-23,25H2,1-4,6-7H3,(H2,34,35);1-2H3;2H,1H2/b29-24+,31-9-;;. The molecule has 2 rings (SSSR count). The zero-order valence-electron chi connectivity index (χ0n) is 28.0. The van der Waals surface area contributed by atoms with E-state index in [1.165, 1.54) is 68.2 Å². The molecule has 1 atom stereocenters. The fraction of sp³-hybridized carbons (Fsp3) is 0.686. The van der Waals surface area contributed by atoms with Crippen molar-refractivity contribution in [3.05, 3.63) is 58.9 Å². The van der Waals surface area contributed by atoms with Gasteiger partial charge in [-0.25, -0.2) is 10.9 Å². The Hall–Kier alpha value is -2.15. The van der Waals surface area contributed by atoms with Crippen LogP contribution in [0.15, 0.2) is 63.9 Å². The maximum atomic E-state index is 6.50. The number of hydrogen-bond donors (Lipinski definition) is 3. The van der Waals surface area contributed by atoms with Gasteiger partial charge in [0.05, 0.1) is 0 Å². The monoisotopic (exact) mass is 572 g/mol. The van der Waals surface area contributed by atoms with E-state index in [-0.39, 0.29) is 0 Å². The van der Waals surface area contributed by atoms with Crippen molar-refractivity contribution < 1.29 is 5.21 Å². The number of nitrogens with two attached hydrogens (primary N) is 2. The fourth-order valence-corrected chi connectivity index (χ4v) is 5.48. The molecule has 2 aliphatic rings. The zero-order valence-corrected chi connectivity index (χ0v) is 28.0. The molecule has 1 heterocycles. The molecular weight excluding hydrogens is 506 g/mol. The fourth-order valence-electron chi connectivity index (χ4n) is 5.48. The molecule has 5 N–H and O–H groups in total. The van der Waals surface area contributed by atoms with E-state index in [4.69, 9.17) is 10.9 Å². The summed E-state index contributed by atoms with van der Waals surface area (Å²) in [4.78, 5) is 9.51. The lowest BCUT2D eigenvalue weighted by Gasteiger charge is -2.35. The van der Waals surface area contributed by atoms with Gasteiger partial charge < -0.3 is 20.7 Å². The highest BCUT2D eigenvalue weighted by atomic mass is 16.4. The first kappa shape index (κ1) is 38.9. The Balaban J connectivity index is 0.00000382. The molecule has 236 valence electrons. The lowest BCUT2D eigenvalue weighted by atomic mass is 9.85. The van der Waals surface area contributed by atoms with E-state index in [1.807, 2.05) is 20.0 Å². The highest BCUT2D eigenvalue weighted by molar-refractivity contribution is 5.78. The van der Waals surface area contributed by atoms with Gasteiger partial charge in [-0.05, 0) is 100.0 Å². The van der Waals surface area contributed by atoms with Crippen LogP contribution in [-0.4, -0.2) is 53.7 Å². The minimum Gasteiger partial charge on any atom is -0.370 e.